The molecule has 0 fully saturated rings. The molecule has 0 heterocycles. The molecule has 0 saturated heterocycles. The van der Waals surface area contributed by atoms with Gasteiger partial charge in [-0.25, -0.2) is 9.68 Å². The summed E-state index contributed by atoms with van der Waals surface area (Å²) in [5.74, 6) is -1.28. The van der Waals surface area contributed by atoms with Crippen LogP contribution >= 0.6 is 0 Å². The lowest BCUT2D eigenvalue weighted by atomic mass is 10.0. The Bertz CT molecular complexity index is 1200. The summed E-state index contributed by atoms with van der Waals surface area (Å²) in [6.45, 7) is 6.38. The Morgan fingerprint density at radius 3 is 1.31 bits per heavy atom. The maximum atomic E-state index is 12.8. The van der Waals surface area contributed by atoms with Crippen LogP contribution < -0.4 is 0 Å². The van der Waals surface area contributed by atoms with Gasteiger partial charge in [0.15, 0.2) is 6.10 Å². The minimum Gasteiger partial charge on any atom is -0.462 e. The van der Waals surface area contributed by atoms with Crippen LogP contribution in [0, 0.1) is 0 Å². The molecule has 0 radical (unpaired) electrons. The monoisotopic (exact) mass is 913 g/mol. The first-order chi connectivity index (χ1) is 32.0. The quantitative estimate of drug-likeness (QED) is 0.00940. The number of ether oxygens (including phenoxy) is 3. The van der Waals surface area contributed by atoms with E-state index in [1.54, 1.807) is 12.2 Å². The van der Waals surface area contributed by atoms with E-state index in [0.29, 0.717) is 6.42 Å². The summed E-state index contributed by atoms with van der Waals surface area (Å²) in [4.78, 5) is 42.6. The van der Waals surface area contributed by atoms with Crippen LogP contribution in [0.15, 0.2) is 60.8 Å². The fraction of sp³-hybridized carbons (Fsp3) is 0.772. The van der Waals surface area contributed by atoms with Crippen LogP contribution in [0.4, 0.5) is 0 Å². The Morgan fingerprint density at radius 2 is 0.815 bits per heavy atom. The lowest BCUT2D eigenvalue weighted by Gasteiger charge is -2.18. The third-order valence-corrected chi connectivity index (χ3v) is 11.8. The molecule has 0 rings (SSSR count). The van der Waals surface area contributed by atoms with E-state index in [1.165, 1.54) is 134 Å². The van der Waals surface area contributed by atoms with Crippen LogP contribution in [-0.4, -0.2) is 48.6 Å². The van der Waals surface area contributed by atoms with E-state index in [0.717, 1.165) is 96.3 Å². The van der Waals surface area contributed by atoms with Crippen molar-refractivity contribution in [3.05, 3.63) is 60.8 Å². The van der Waals surface area contributed by atoms with Gasteiger partial charge in [-0.2, -0.15) is 0 Å². The van der Waals surface area contributed by atoms with Crippen LogP contribution in [0.1, 0.15) is 258 Å². The van der Waals surface area contributed by atoms with Crippen LogP contribution in [0.25, 0.3) is 0 Å². The molecule has 0 spiro atoms. The Labute approximate surface area is 399 Å². The zero-order valence-electron chi connectivity index (χ0n) is 42.3. The van der Waals surface area contributed by atoms with Gasteiger partial charge in [0.2, 0.25) is 0 Å². The minimum atomic E-state index is -0.868. The molecular weight excluding hydrogens is 813 g/mol. The average molecular weight is 913 g/mol. The second kappa shape index (κ2) is 52.0. The highest BCUT2D eigenvalue weighted by Gasteiger charge is 2.19. The van der Waals surface area contributed by atoms with Crippen molar-refractivity contribution >= 4 is 17.9 Å². The van der Waals surface area contributed by atoms with Crippen LogP contribution in [0.5, 0.6) is 0 Å². The zero-order valence-corrected chi connectivity index (χ0v) is 42.3. The summed E-state index contributed by atoms with van der Waals surface area (Å²) in [7, 11) is 0. The predicted octanol–water partition coefficient (Wildman–Crippen LogP) is 17.1. The highest BCUT2D eigenvalue weighted by Crippen LogP contribution is 2.15. The second-order valence-corrected chi connectivity index (χ2v) is 18.1. The summed E-state index contributed by atoms with van der Waals surface area (Å²) in [6.07, 6.45) is 59.6. The fourth-order valence-corrected chi connectivity index (χ4v) is 7.64. The van der Waals surface area contributed by atoms with E-state index in [2.05, 4.69) is 50.0 Å². The van der Waals surface area contributed by atoms with Gasteiger partial charge in [0, 0.05) is 18.9 Å². The van der Waals surface area contributed by atoms with E-state index < -0.39 is 12.1 Å². The van der Waals surface area contributed by atoms with Crippen molar-refractivity contribution in [3.63, 3.8) is 0 Å². The topological polar surface area (TPSA) is 108 Å². The summed E-state index contributed by atoms with van der Waals surface area (Å²) in [6, 6.07) is 0. The van der Waals surface area contributed by atoms with Crippen molar-refractivity contribution in [2.24, 2.45) is 0 Å². The van der Waals surface area contributed by atoms with Gasteiger partial charge in [-0.3, -0.25) is 14.8 Å². The molecular formula is C57H100O8. The number of hydrogen-bond donors (Lipinski definition) is 1. The van der Waals surface area contributed by atoms with Gasteiger partial charge in [-0.1, -0.05) is 217 Å². The molecule has 2 atom stereocenters. The SMILES string of the molecule is CCCCCCCC/C=C\CCCCCCCC(=O)OCC(COC(=O)C=CC=CC=CCCC(CCCCCCCC)OO)OC(=O)CCCCCCC/C=C\CCCCCCCC. The van der Waals surface area contributed by atoms with Gasteiger partial charge in [0.1, 0.15) is 13.2 Å². The van der Waals surface area contributed by atoms with E-state index in [1.807, 2.05) is 18.2 Å². The Hall–Kier alpha value is -2.97. The Kier molecular flexibility index (Phi) is 49.6. The molecule has 0 aromatic rings. The van der Waals surface area contributed by atoms with E-state index in [-0.39, 0.29) is 37.7 Å². The smallest absolute Gasteiger partial charge is 0.330 e. The molecule has 0 saturated carbocycles. The summed E-state index contributed by atoms with van der Waals surface area (Å²) in [5, 5.41) is 9.24. The van der Waals surface area contributed by atoms with E-state index >= 15 is 0 Å². The molecule has 1 N–H and O–H groups in total. The highest BCUT2D eigenvalue weighted by atomic mass is 17.1. The van der Waals surface area contributed by atoms with Crippen molar-refractivity contribution in [2.45, 2.75) is 271 Å². The zero-order chi connectivity index (χ0) is 47.4. The third kappa shape index (κ3) is 48.8. The maximum absolute atomic E-state index is 12.8. The standard InChI is InChI=1S/C57H100O8/c1-4-7-10-13-16-18-20-22-24-26-28-30-32-38-43-48-55(58)62-51-54(64-57(60)50-45-40-33-31-29-27-25-23-21-19-17-14-11-8-5-2)52-63-56(59)49-44-39-35-34-37-42-47-53(65-61)46-41-36-15-12-9-6-3/h22-25,34-35,37,39,44,49,53-54,61H,4-21,26-33,36,38,40-43,45-48,50-52H2,1-3H3/b24-22-,25-23-,37-34?,39-35?,49-44?. The van der Waals surface area contributed by atoms with Crippen molar-refractivity contribution in [1.82, 2.24) is 0 Å². The number of allylic oxidation sites excluding steroid dienone is 9. The average Bonchev–Trinajstić information content (AvgIpc) is 3.31. The maximum Gasteiger partial charge on any atom is 0.330 e. The van der Waals surface area contributed by atoms with Gasteiger partial charge in [-0.15, -0.1) is 0 Å². The number of rotatable bonds is 49. The second-order valence-electron chi connectivity index (χ2n) is 18.1. The van der Waals surface area contributed by atoms with Crippen molar-refractivity contribution in [3.8, 4) is 0 Å². The molecule has 8 heteroatoms. The normalized spacial score (nSPS) is 13.0. The van der Waals surface area contributed by atoms with Crippen molar-refractivity contribution in [1.29, 1.82) is 0 Å². The van der Waals surface area contributed by atoms with E-state index in [4.69, 9.17) is 14.2 Å². The number of unbranched alkanes of at least 4 members (excludes halogenated alkanes) is 27. The van der Waals surface area contributed by atoms with Gasteiger partial charge in [0.25, 0.3) is 0 Å². The lowest BCUT2D eigenvalue weighted by Crippen LogP contribution is -2.30. The lowest BCUT2D eigenvalue weighted by molar-refractivity contribution is -0.281. The number of carbonyl (C=O) groups excluding carboxylic acids is 3. The highest BCUT2D eigenvalue weighted by molar-refractivity contribution is 5.82. The van der Waals surface area contributed by atoms with Crippen LogP contribution in [0.2, 0.25) is 0 Å². The largest absolute Gasteiger partial charge is 0.462 e. The van der Waals surface area contributed by atoms with Crippen LogP contribution in [-0.2, 0) is 33.5 Å². The molecule has 2 unspecified atom stereocenters. The molecule has 0 aliphatic carbocycles. The molecule has 0 aromatic carbocycles. The first kappa shape index (κ1) is 62.0. The van der Waals surface area contributed by atoms with Crippen LogP contribution in [0.3, 0.4) is 0 Å². The molecule has 0 bridgehead atoms. The number of esters is 3. The van der Waals surface area contributed by atoms with Crippen molar-refractivity contribution in [2.75, 3.05) is 13.2 Å². The summed E-state index contributed by atoms with van der Waals surface area (Å²) < 4.78 is 16.6. The van der Waals surface area contributed by atoms with Gasteiger partial charge in [0.05, 0.1) is 6.10 Å². The Morgan fingerprint density at radius 1 is 0.400 bits per heavy atom. The molecule has 0 aliphatic heterocycles. The number of carbonyl (C=O) groups is 3. The van der Waals surface area contributed by atoms with Gasteiger partial charge < -0.3 is 14.2 Å². The minimum absolute atomic E-state index is 0.148. The molecule has 0 amide bonds. The third-order valence-electron chi connectivity index (χ3n) is 11.8. The predicted molar refractivity (Wildman–Crippen MR) is 273 cm³/mol. The first-order valence-electron chi connectivity index (χ1n) is 27.1. The first-order valence-corrected chi connectivity index (χ1v) is 27.1. The van der Waals surface area contributed by atoms with Gasteiger partial charge >= 0.3 is 17.9 Å². The van der Waals surface area contributed by atoms with E-state index in [9.17, 15) is 19.6 Å². The molecule has 65 heavy (non-hydrogen) atoms. The molecule has 0 aromatic heterocycles. The molecule has 376 valence electrons. The van der Waals surface area contributed by atoms with Gasteiger partial charge in [-0.05, 0) is 83.5 Å². The summed E-state index contributed by atoms with van der Waals surface area (Å²) in [5.41, 5.74) is 0. The Balaban J connectivity index is 4.63. The van der Waals surface area contributed by atoms with Crippen molar-refractivity contribution < 1.29 is 38.7 Å². The number of hydrogen-bond acceptors (Lipinski definition) is 8. The molecule has 8 nitrogen and oxygen atoms in total. The summed E-state index contributed by atoms with van der Waals surface area (Å²) >= 11 is 0. The fourth-order valence-electron chi connectivity index (χ4n) is 7.64. The molecule has 0 aliphatic rings.